The quantitative estimate of drug-likeness (QED) is 0.671. The highest BCUT2D eigenvalue weighted by Crippen LogP contribution is 2.27. The topological polar surface area (TPSA) is 95.5 Å². The van der Waals surface area contributed by atoms with Crippen LogP contribution in [0, 0.1) is 6.92 Å². The molecule has 7 heteroatoms. The van der Waals surface area contributed by atoms with Crippen LogP contribution in [0.15, 0.2) is 47.4 Å². The number of hydrogen-bond acceptors (Lipinski definition) is 4. The molecule has 0 spiro atoms. The molecule has 1 atom stereocenters. The fraction of sp³-hybridized carbons (Fsp3) is 0.211. The molecule has 6 nitrogen and oxygen atoms in total. The minimum atomic E-state index is -1.04. The molecule has 0 saturated carbocycles. The van der Waals surface area contributed by atoms with Crippen LogP contribution in [0.5, 0.6) is 0 Å². The van der Waals surface area contributed by atoms with Crippen molar-refractivity contribution in [1.29, 1.82) is 0 Å². The Bertz CT molecular complexity index is 851. The van der Waals surface area contributed by atoms with Gasteiger partial charge in [0.1, 0.15) is 0 Å². The van der Waals surface area contributed by atoms with E-state index in [-0.39, 0.29) is 17.4 Å². The molecule has 1 unspecified atom stereocenters. The molecule has 136 valence electrons. The summed E-state index contributed by atoms with van der Waals surface area (Å²) in [5.41, 5.74) is 2.05. The predicted octanol–water partition coefficient (Wildman–Crippen LogP) is 3.77. The maximum absolute atomic E-state index is 12.5. The lowest BCUT2D eigenvalue weighted by Gasteiger charge is -2.14. The molecule has 2 aromatic rings. The van der Waals surface area contributed by atoms with Crippen LogP contribution in [-0.4, -0.2) is 28.1 Å². The van der Waals surface area contributed by atoms with Gasteiger partial charge in [-0.15, -0.1) is 11.8 Å². The third-order valence-corrected chi connectivity index (χ3v) is 4.67. The van der Waals surface area contributed by atoms with Gasteiger partial charge < -0.3 is 15.7 Å². The first-order chi connectivity index (χ1) is 12.3. The number of aryl methyl sites for hydroxylation is 1. The van der Waals surface area contributed by atoms with Gasteiger partial charge in [-0.2, -0.15) is 0 Å². The van der Waals surface area contributed by atoms with Crippen molar-refractivity contribution in [3.05, 3.63) is 53.6 Å². The second-order valence-corrected chi connectivity index (χ2v) is 7.21. The molecule has 2 rings (SSSR count). The Hall–Kier alpha value is -2.80. The number of hydrogen-bond donors (Lipinski definition) is 3. The highest BCUT2D eigenvalue weighted by molar-refractivity contribution is 8.00. The molecule has 0 aliphatic rings. The molecule has 2 aromatic carbocycles. The Labute approximate surface area is 156 Å². The maximum atomic E-state index is 12.5. The summed E-state index contributed by atoms with van der Waals surface area (Å²) in [7, 11) is 0. The van der Waals surface area contributed by atoms with Gasteiger partial charge >= 0.3 is 5.97 Å². The number of benzene rings is 2. The fourth-order valence-electron chi connectivity index (χ4n) is 2.23. The van der Waals surface area contributed by atoms with E-state index in [1.54, 1.807) is 38.1 Å². The van der Waals surface area contributed by atoms with Crippen LogP contribution in [-0.2, 0) is 9.59 Å². The number of thioether (sulfide) groups is 1. The Morgan fingerprint density at radius 3 is 2.46 bits per heavy atom. The van der Waals surface area contributed by atoms with Crippen LogP contribution in [0.4, 0.5) is 11.4 Å². The number of carbonyl (C=O) groups excluding carboxylic acids is 2. The number of rotatable bonds is 6. The number of nitrogens with one attached hydrogen (secondary N) is 2. The summed E-state index contributed by atoms with van der Waals surface area (Å²) >= 11 is 1.35. The van der Waals surface area contributed by atoms with Gasteiger partial charge in [-0.1, -0.05) is 12.1 Å². The van der Waals surface area contributed by atoms with Gasteiger partial charge in [-0.05, 0) is 49.7 Å². The summed E-state index contributed by atoms with van der Waals surface area (Å²) in [5.74, 6) is -1.44. The number of amides is 2. The van der Waals surface area contributed by atoms with Crippen LogP contribution in [0.3, 0.4) is 0 Å². The number of carboxylic acid groups (broad SMARTS) is 1. The number of carboxylic acids is 1. The number of anilines is 2. The molecule has 3 N–H and O–H groups in total. The van der Waals surface area contributed by atoms with Crippen LogP contribution in [0.1, 0.15) is 29.8 Å². The zero-order valence-electron chi connectivity index (χ0n) is 14.7. The van der Waals surface area contributed by atoms with Gasteiger partial charge in [0.05, 0.1) is 10.8 Å². The Balaban J connectivity index is 2.07. The van der Waals surface area contributed by atoms with E-state index < -0.39 is 11.2 Å². The van der Waals surface area contributed by atoms with Crippen LogP contribution in [0.25, 0.3) is 0 Å². The average Bonchev–Trinajstić information content (AvgIpc) is 2.56. The minimum Gasteiger partial charge on any atom is -0.478 e. The van der Waals surface area contributed by atoms with Crippen molar-refractivity contribution in [2.45, 2.75) is 30.9 Å². The molecule has 0 heterocycles. The van der Waals surface area contributed by atoms with E-state index in [0.29, 0.717) is 11.4 Å². The van der Waals surface area contributed by atoms with E-state index in [1.165, 1.54) is 30.8 Å². The summed E-state index contributed by atoms with van der Waals surface area (Å²) in [4.78, 5) is 35.5. The Morgan fingerprint density at radius 1 is 1.08 bits per heavy atom. The lowest BCUT2D eigenvalue weighted by Crippen LogP contribution is -2.23. The molecular weight excluding hydrogens is 352 g/mol. The van der Waals surface area contributed by atoms with Crippen LogP contribution < -0.4 is 10.6 Å². The molecule has 2 amide bonds. The minimum absolute atomic E-state index is 0.120. The SMILES string of the molecule is CC(=O)Nc1cccc(SC(C)C(=O)Nc2cc(C(=O)O)ccc2C)c1. The lowest BCUT2D eigenvalue weighted by molar-refractivity contribution is -0.115. The van der Waals surface area contributed by atoms with Crippen molar-refractivity contribution in [2.75, 3.05) is 10.6 Å². The molecule has 0 aliphatic carbocycles. The molecule has 0 aromatic heterocycles. The molecule has 26 heavy (non-hydrogen) atoms. The summed E-state index contributed by atoms with van der Waals surface area (Å²) in [5, 5.41) is 14.2. The highest BCUT2D eigenvalue weighted by Gasteiger charge is 2.16. The van der Waals surface area contributed by atoms with Crippen LogP contribution in [0.2, 0.25) is 0 Å². The largest absolute Gasteiger partial charge is 0.478 e. The third kappa shape index (κ3) is 5.35. The maximum Gasteiger partial charge on any atom is 0.335 e. The van der Waals surface area contributed by atoms with Gasteiger partial charge in [0.15, 0.2) is 0 Å². The molecule has 0 saturated heterocycles. The van der Waals surface area contributed by atoms with E-state index in [1.807, 2.05) is 6.07 Å². The summed E-state index contributed by atoms with van der Waals surface area (Å²) in [6.45, 7) is 5.00. The fourth-order valence-corrected chi connectivity index (χ4v) is 3.16. The Kier molecular flexibility index (Phi) is 6.41. The van der Waals surface area contributed by atoms with E-state index >= 15 is 0 Å². The van der Waals surface area contributed by atoms with E-state index in [0.717, 1.165) is 10.5 Å². The smallest absolute Gasteiger partial charge is 0.335 e. The second-order valence-electron chi connectivity index (χ2n) is 5.79. The molecular formula is C19H20N2O4S. The van der Waals surface area contributed by atoms with Gasteiger partial charge in [0.2, 0.25) is 11.8 Å². The van der Waals surface area contributed by atoms with Gasteiger partial charge in [-0.25, -0.2) is 4.79 Å². The third-order valence-electron chi connectivity index (χ3n) is 3.58. The van der Waals surface area contributed by atoms with Crippen molar-refractivity contribution in [1.82, 2.24) is 0 Å². The normalized spacial score (nSPS) is 11.5. The van der Waals surface area contributed by atoms with E-state index in [9.17, 15) is 14.4 Å². The summed E-state index contributed by atoms with van der Waals surface area (Å²) < 4.78 is 0. The zero-order chi connectivity index (χ0) is 19.3. The standard InChI is InChI=1S/C19H20N2O4S/c1-11-7-8-14(19(24)25)9-17(11)21-18(23)12(2)26-16-6-4-5-15(10-16)20-13(3)22/h4-10,12H,1-3H3,(H,20,22)(H,21,23)(H,24,25). The predicted molar refractivity (Wildman–Crippen MR) is 103 cm³/mol. The first kappa shape index (κ1) is 19.5. The monoisotopic (exact) mass is 372 g/mol. The summed E-state index contributed by atoms with van der Waals surface area (Å²) in [6, 6.07) is 11.8. The van der Waals surface area contributed by atoms with E-state index in [4.69, 9.17) is 5.11 Å². The lowest BCUT2D eigenvalue weighted by atomic mass is 10.1. The Morgan fingerprint density at radius 2 is 1.81 bits per heavy atom. The van der Waals surface area contributed by atoms with E-state index in [2.05, 4.69) is 10.6 Å². The highest BCUT2D eigenvalue weighted by atomic mass is 32.2. The number of aromatic carboxylic acids is 1. The second kappa shape index (κ2) is 8.53. The first-order valence-corrected chi connectivity index (χ1v) is 8.83. The average molecular weight is 372 g/mol. The molecule has 0 aliphatic heterocycles. The molecule has 0 fully saturated rings. The van der Waals surface area contributed by atoms with Gasteiger partial charge in [0, 0.05) is 23.2 Å². The van der Waals surface area contributed by atoms with Crippen molar-refractivity contribution in [3.63, 3.8) is 0 Å². The van der Waals surface area contributed by atoms with Crippen molar-refractivity contribution in [3.8, 4) is 0 Å². The zero-order valence-corrected chi connectivity index (χ0v) is 15.5. The van der Waals surface area contributed by atoms with Crippen molar-refractivity contribution >= 4 is 40.9 Å². The van der Waals surface area contributed by atoms with Gasteiger partial charge in [-0.3, -0.25) is 9.59 Å². The summed E-state index contributed by atoms with van der Waals surface area (Å²) in [6.07, 6.45) is 0. The molecule has 0 radical (unpaired) electrons. The van der Waals surface area contributed by atoms with Gasteiger partial charge in [0.25, 0.3) is 0 Å². The van der Waals surface area contributed by atoms with Crippen LogP contribution >= 0.6 is 11.8 Å². The molecule has 0 bridgehead atoms. The number of carbonyl (C=O) groups is 3. The first-order valence-electron chi connectivity index (χ1n) is 7.95. The van der Waals surface area contributed by atoms with Crippen molar-refractivity contribution < 1.29 is 19.5 Å². The van der Waals surface area contributed by atoms with Crippen molar-refractivity contribution in [2.24, 2.45) is 0 Å².